The number of anilines is 2. The van der Waals surface area contributed by atoms with E-state index in [9.17, 15) is 9.90 Å². The van der Waals surface area contributed by atoms with Gasteiger partial charge in [-0.25, -0.2) is 0 Å². The highest BCUT2D eigenvalue weighted by Gasteiger charge is 2.30. The molecule has 1 fully saturated rings. The first-order valence-corrected chi connectivity index (χ1v) is 7.32. The maximum atomic E-state index is 11.2. The molecule has 1 aromatic carbocycles. The Kier molecular flexibility index (Phi) is 4.53. The van der Waals surface area contributed by atoms with Gasteiger partial charge in [0.05, 0.1) is 11.4 Å². The molecule has 0 aromatic heterocycles. The number of carboxylic acids is 1. The number of hydrogen-bond acceptors (Lipinski definition) is 3. The van der Waals surface area contributed by atoms with Crippen LogP contribution in [0.5, 0.6) is 0 Å². The van der Waals surface area contributed by atoms with Gasteiger partial charge in [0.25, 0.3) is 0 Å². The van der Waals surface area contributed by atoms with Gasteiger partial charge in [-0.1, -0.05) is 26.0 Å². The fourth-order valence-corrected chi connectivity index (χ4v) is 3.11. The van der Waals surface area contributed by atoms with Gasteiger partial charge in [-0.3, -0.25) is 4.79 Å². The highest BCUT2D eigenvalue weighted by molar-refractivity contribution is 5.77. The quantitative estimate of drug-likeness (QED) is 0.830. The molecule has 1 saturated carbocycles. The third-order valence-corrected chi connectivity index (χ3v) is 4.56. The van der Waals surface area contributed by atoms with Crippen LogP contribution < -0.4 is 10.6 Å². The molecule has 0 bridgehead atoms. The molecule has 20 heavy (non-hydrogen) atoms. The highest BCUT2D eigenvalue weighted by Crippen LogP contribution is 2.35. The monoisotopic (exact) mass is 276 g/mol. The largest absolute Gasteiger partial charge is 0.480 e. The van der Waals surface area contributed by atoms with E-state index < -0.39 is 5.97 Å². The molecule has 0 saturated heterocycles. The molecule has 1 aromatic rings. The van der Waals surface area contributed by atoms with E-state index in [0.717, 1.165) is 24.9 Å². The number of rotatable bonds is 4. The lowest BCUT2D eigenvalue weighted by atomic mass is 9.78. The number of carboxylic acid groups (broad SMARTS) is 1. The molecule has 3 N–H and O–H groups in total. The second kappa shape index (κ2) is 6.16. The normalized spacial score (nSPS) is 26.2. The highest BCUT2D eigenvalue weighted by atomic mass is 16.4. The van der Waals surface area contributed by atoms with E-state index in [1.54, 1.807) is 0 Å². The summed E-state index contributed by atoms with van der Waals surface area (Å²) in [5.74, 6) is 0.528. The summed E-state index contributed by atoms with van der Waals surface area (Å²) in [5, 5.41) is 9.20. The van der Waals surface area contributed by atoms with Crippen molar-refractivity contribution < 1.29 is 9.90 Å². The van der Waals surface area contributed by atoms with Crippen molar-refractivity contribution in [2.75, 3.05) is 17.2 Å². The van der Waals surface area contributed by atoms with Crippen molar-refractivity contribution in [2.45, 2.75) is 39.2 Å². The summed E-state index contributed by atoms with van der Waals surface area (Å²) < 4.78 is 0. The summed E-state index contributed by atoms with van der Waals surface area (Å²) in [5.41, 5.74) is 7.53. The fraction of sp³-hybridized carbons (Fsp3) is 0.562. The Hall–Kier alpha value is -1.71. The number of nitrogen functional groups attached to an aromatic ring is 1. The molecule has 0 spiro atoms. The summed E-state index contributed by atoms with van der Waals surface area (Å²) in [7, 11) is 0. The smallest absolute Gasteiger partial charge is 0.323 e. The van der Waals surface area contributed by atoms with Gasteiger partial charge in [0.1, 0.15) is 6.54 Å². The van der Waals surface area contributed by atoms with Crippen LogP contribution in [0.4, 0.5) is 11.4 Å². The van der Waals surface area contributed by atoms with Gasteiger partial charge in [-0.05, 0) is 43.2 Å². The minimum Gasteiger partial charge on any atom is -0.480 e. The van der Waals surface area contributed by atoms with E-state index in [4.69, 9.17) is 5.73 Å². The summed E-state index contributed by atoms with van der Waals surface area (Å²) in [6, 6.07) is 7.81. The van der Waals surface area contributed by atoms with Crippen LogP contribution in [0.25, 0.3) is 0 Å². The minimum atomic E-state index is -0.806. The molecule has 0 aliphatic heterocycles. The zero-order chi connectivity index (χ0) is 14.7. The Morgan fingerprint density at radius 2 is 2.00 bits per heavy atom. The number of carbonyl (C=O) groups is 1. The SMILES string of the molecule is CC1CCC(N(CC(=O)O)c2ccccc2N)CC1C. The maximum Gasteiger partial charge on any atom is 0.323 e. The van der Waals surface area contributed by atoms with Crippen LogP contribution in [-0.4, -0.2) is 23.7 Å². The van der Waals surface area contributed by atoms with Crippen molar-refractivity contribution in [2.24, 2.45) is 11.8 Å². The lowest BCUT2D eigenvalue weighted by Gasteiger charge is -2.40. The maximum absolute atomic E-state index is 11.2. The Morgan fingerprint density at radius 1 is 1.30 bits per heavy atom. The number of aliphatic carboxylic acids is 1. The molecule has 1 aliphatic carbocycles. The molecule has 2 rings (SSSR count). The van der Waals surface area contributed by atoms with Gasteiger partial charge in [0, 0.05) is 6.04 Å². The van der Waals surface area contributed by atoms with Crippen LogP contribution in [0, 0.1) is 11.8 Å². The lowest BCUT2D eigenvalue weighted by molar-refractivity contribution is -0.135. The topological polar surface area (TPSA) is 66.6 Å². The molecule has 1 aliphatic rings. The molecule has 3 atom stereocenters. The summed E-state index contributed by atoms with van der Waals surface area (Å²) in [6.07, 6.45) is 3.21. The second-order valence-corrected chi connectivity index (χ2v) is 6.00. The van der Waals surface area contributed by atoms with E-state index in [2.05, 4.69) is 13.8 Å². The van der Waals surface area contributed by atoms with Crippen molar-refractivity contribution >= 4 is 17.3 Å². The Balaban J connectivity index is 2.24. The summed E-state index contributed by atoms with van der Waals surface area (Å²) >= 11 is 0. The first-order chi connectivity index (χ1) is 9.49. The van der Waals surface area contributed by atoms with Crippen molar-refractivity contribution in [3.05, 3.63) is 24.3 Å². The van der Waals surface area contributed by atoms with Gasteiger partial charge < -0.3 is 15.7 Å². The average molecular weight is 276 g/mol. The number of nitrogens with zero attached hydrogens (tertiary/aromatic N) is 1. The zero-order valence-electron chi connectivity index (χ0n) is 12.2. The van der Waals surface area contributed by atoms with Crippen LogP contribution in [0.3, 0.4) is 0 Å². The van der Waals surface area contributed by atoms with Crippen molar-refractivity contribution in [1.82, 2.24) is 0 Å². The van der Waals surface area contributed by atoms with Crippen molar-refractivity contribution in [3.63, 3.8) is 0 Å². The Morgan fingerprint density at radius 3 is 2.60 bits per heavy atom. The number of nitrogens with two attached hydrogens (primary N) is 1. The molecular weight excluding hydrogens is 252 g/mol. The van der Waals surface area contributed by atoms with Crippen LogP contribution in [-0.2, 0) is 4.79 Å². The Labute approximate surface area is 120 Å². The van der Waals surface area contributed by atoms with Gasteiger partial charge in [-0.2, -0.15) is 0 Å². The predicted molar refractivity (Wildman–Crippen MR) is 81.8 cm³/mol. The van der Waals surface area contributed by atoms with Gasteiger partial charge in [-0.15, -0.1) is 0 Å². The van der Waals surface area contributed by atoms with Gasteiger partial charge in [0.15, 0.2) is 0 Å². The lowest BCUT2D eigenvalue weighted by Crippen LogP contribution is -2.43. The van der Waals surface area contributed by atoms with Gasteiger partial charge >= 0.3 is 5.97 Å². The fourth-order valence-electron chi connectivity index (χ4n) is 3.11. The van der Waals surface area contributed by atoms with Crippen molar-refractivity contribution in [3.8, 4) is 0 Å². The predicted octanol–water partition coefficient (Wildman–Crippen LogP) is 2.98. The van der Waals surface area contributed by atoms with Crippen LogP contribution >= 0.6 is 0 Å². The van der Waals surface area contributed by atoms with E-state index in [0.29, 0.717) is 17.5 Å². The van der Waals surface area contributed by atoms with E-state index in [1.807, 2.05) is 29.2 Å². The molecule has 0 heterocycles. The van der Waals surface area contributed by atoms with Crippen LogP contribution in [0.15, 0.2) is 24.3 Å². The van der Waals surface area contributed by atoms with Gasteiger partial charge in [0.2, 0.25) is 0 Å². The summed E-state index contributed by atoms with van der Waals surface area (Å²) in [6.45, 7) is 4.55. The van der Waals surface area contributed by atoms with E-state index >= 15 is 0 Å². The molecule has 3 unspecified atom stereocenters. The number of benzene rings is 1. The molecular formula is C16H24N2O2. The number of hydrogen-bond donors (Lipinski definition) is 2. The first-order valence-electron chi connectivity index (χ1n) is 7.32. The van der Waals surface area contributed by atoms with Crippen LogP contribution in [0.1, 0.15) is 33.1 Å². The standard InChI is InChI=1S/C16H24N2O2/c1-11-7-8-13(9-12(11)2)18(10-16(19)20)15-6-4-3-5-14(15)17/h3-6,11-13H,7-10,17H2,1-2H3,(H,19,20). The van der Waals surface area contributed by atoms with Crippen molar-refractivity contribution in [1.29, 1.82) is 0 Å². The summed E-state index contributed by atoms with van der Waals surface area (Å²) in [4.78, 5) is 13.2. The average Bonchev–Trinajstić information content (AvgIpc) is 2.40. The third kappa shape index (κ3) is 3.24. The minimum absolute atomic E-state index is 0.0139. The van der Waals surface area contributed by atoms with E-state index in [-0.39, 0.29) is 12.6 Å². The molecule has 0 amide bonds. The molecule has 4 heteroatoms. The van der Waals surface area contributed by atoms with E-state index in [1.165, 1.54) is 0 Å². The zero-order valence-corrected chi connectivity index (χ0v) is 12.2. The Bertz CT molecular complexity index is 475. The van der Waals surface area contributed by atoms with Crippen LogP contribution in [0.2, 0.25) is 0 Å². The number of para-hydroxylation sites is 2. The third-order valence-electron chi connectivity index (χ3n) is 4.56. The molecule has 0 radical (unpaired) electrons. The molecule has 110 valence electrons. The second-order valence-electron chi connectivity index (χ2n) is 6.00. The first kappa shape index (κ1) is 14.7. The molecule has 4 nitrogen and oxygen atoms in total.